The summed E-state index contributed by atoms with van der Waals surface area (Å²) in [5.41, 5.74) is 2.92. The van der Waals surface area contributed by atoms with Gasteiger partial charge in [-0.1, -0.05) is 83.9 Å². The molecule has 1 heterocycles. The smallest absolute Gasteiger partial charge is 0.123 e. The van der Waals surface area contributed by atoms with Crippen molar-refractivity contribution in [2.45, 2.75) is 6.10 Å². The number of rotatable bonds is 9. The van der Waals surface area contributed by atoms with Crippen LogP contribution in [0.25, 0.3) is 6.08 Å². The topological polar surface area (TPSA) is 15.7 Å². The lowest BCUT2D eigenvalue weighted by molar-refractivity contribution is 0.0468. The first kappa shape index (κ1) is 24.9. The number of piperazine rings is 1. The normalized spacial score (nSPS) is 16.2. The van der Waals surface area contributed by atoms with Gasteiger partial charge >= 0.3 is 0 Å². The van der Waals surface area contributed by atoms with E-state index in [0.29, 0.717) is 16.7 Å². The predicted molar refractivity (Wildman–Crippen MR) is 139 cm³/mol. The lowest BCUT2D eigenvalue weighted by atomic mass is 10.0. The first-order valence-electron chi connectivity index (χ1n) is 11.6. The van der Waals surface area contributed by atoms with Crippen LogP contribution in [0.2, 0.25) is 10.0 Å². The Bertz CT molecular complexity index is 1070. The van der Waals surface area contributed by atoms with Crippen molar-refractivity contribution >= 4 is 29.3 Å². The molecule has 0 aliphatic carbocycles. The fourth-order valence-electron chi connectivity index (χ4n) is 4.11. The van der Waals surface area contributed by atoms with Gasteiger partial charge < -0.3 is 4.74 Å². The molecule has 34 heavy (non-hydrogen) atoms. The van der Waals surface area contributed by atoms with Crippen molar-refractivity contribution in [2.24, 2.45) is 0 Å². The highest BCUT2D eigenvalue weighted by atomic mass is 35.5. The molecule has 0 bridgehead atoms. The molecule has 1 aliphatic rings. The van der Waals surface area contributed by atoms with Crippen molar-refractivity contribution in [3.05, 3.63) is 111 Å². The van der Waals surface area contributed by atoms with E-state index in [2.05, 4.69) is 46.2 Å². The molecule has 3 aromatic carbocycles. The molecule has 0 amide bonds. The molecule has 1 unspecified atom stereocenters. The summed E-state index contributed by atoms with van der Waals surface area (Å²) < 4.78 is 19.8. The zero-order chi connectivity index (χ0) is 23.8. The molecule has 4 rings (SSSR count). The molecule has 0 spiro atoms. The minimum atomic E-state index is -0.380. The third-order valence-electron chi connectivity index (χ3n) is 6.05. The van der Waals surface area contributed by atoms with Gasteiger partial charge in [-0.25, -0.2) is 4.39 Å². The molecule has 178 valence electrons. The average Bonchev–Trinajstić information content (AvgIpc) is 2.85. The number of nitrogens with zero attached hydrogens (tertiary/aromatic N) is 2. The van der Waals surface area contributed by atoms with Gasteiger partial charge in [-0.2, -0.15) is 0 Å². The Morgan fingerprint density at radius 1 is 0.882 bits per heavy atom. The van der Waals surface area contributed by atoms with Gasteiger partial charge in [0, 0.05) is 54.9 Å². The monoisotopic (exact) mass is 498 g/mol. The SMILES string of the molecule is Fc1ccc(C(OCCN2CCN(C/C=C/c3ccccc3)CC2)c2ccc(Cl)cc2Cl)cc1. The Kier molecular flexibility index (Phi) is 9.14. The van der Waals surface area contributed by atoms with Crippen LogP contribution in [0.15, 0.2) is 78.9 Å². The minimum Gasteiger partial charge on any atom is -0.367 e. The summed E-state index contributed by atoms with van der Waals surface area (Å²) in [7, 11) is 0. The lowest BCUT2D eigenvalue weighted by Crippen LogP contribution is -2.47. The highest BCUT2D eigenvalue weighted by Gasteiger charge is 2.20. The molecule has 0 aromatic heterocycles. The minimum absolute atomic E-state index is 0.277. The maximum atomic E-state index is 13.5. The van der Waals surface area contributed by atoms with Crippen LogP contribution in [0, 0.1) is 5.82 Å². The van der Waals surface area contributed by atoms with Crippen molar-refractivity contribution < 1.29 is 9.13 Å². The molecule has 1 fully saturated rings. The number of hydrogen-bond donors (Lipinski definition) is 0. The fraction of sp³-hybridized carbons (Fsp3) is 0.286. The van der Waals surface area contributed by atoms with Crippen LogP contribution in [-0.4, -0.2) is 55.7 Å². The molecule has 6 heteroatoms. The fourth-order valence-corrected chi connectivity index (χ4v) is 4.62. The average molecular weight is 499 g/mol. The van der Waals surface area contributed by atoms with Gasteiger partial charge in [-0.05, 0) is 35.4 Å². The summed E-state index contributed by atoms with van der Waals surface area (Å²) in [6.45, 7) is 6.41. The van der Waals surface area contributed by atoms with Crippen molar-refractivity contribution in [1.82, 2.24) is 9.80 Å². The number of ether oxygens (including phenoxy) is 1. The van der Waals surface area contributed by atoms with Gasteiger partial charge in [-0.3, -0.25) is 9.80 Å². The maximum absolute atomic E-state index is 13.5. The van der Waals surface area contributed by atoms with E-state index in [9.17, 15) is 4.39 Å². The van der Waals surface area contributed by atoms with Gasteiger partial charge in [0.1, 0.15) is 11.9 Å². The van der Waals surface area contributed by atoms with Crippen LogP contribution in [0.1, 0.15) is 22.8 Å². The first-order chi connectivity index (χ1) is 16.6. The highest BCUT2D eigenvalue weighted by molar-refractivity contribution is 6.35. The van der Waals surface area contributed by atoms with E-state index in [-0.39, 0.29) is 11.9 Å². The Hall–Kier alpha value is -2.21. The van der Waals surface area contributed by atoms with Gasteiger partial charge in [0.25, 0.3) is 0 Å². The van der Waals surface area contributed by atoms with Crippen LogP contribution in [-0.2, 0) is 4.74 Å². The second-order valence-corrected chi connectivity index (χ2v) is 9.27. The zero-order valence-electron chi connectivity index (χ0n) is 19.0. The molecule has 1 atom stereocenters. The predicted octanol–water partition coefficient (Wildman–Crippen LogP) is 6.57. The molecule has 1 saturated heterocycles. The summed E-state index contributed by atoms with van der Waals surface area (Å²) in [4.78, 5) is 4.88. The third-order valence-corrected chi connectivity index (χ3v) is 6.61. The van der Waals surface area contributed by atoms with E-state index in [0.717, 1.165) is 50.4 Å². The molecule has 0 saturated carbocycles. The third kappa shape index (κ3) is 7.14. The van der Waals surface area contributed by atoms with Crippen molar-refractivity contribution in [1.29, 1.82) is 0 Å². The van der Waals surface area contributed by atoms with E-state index in [1.54, 1.807) is 24.3 Å². The Morgan fingerprint density at radius 2 is 1.59 bits per heavy atom. The van der Waals surface area contributed by atoms with E-state index < -0.39 is 0 Å². The van der Waals surface area contributed by atoms with Crippen LogP contribution in [0.3, 0.4) is 0 Å². The van der Waals surface area contributed by atoms with Gasteiger partial charge in [0.2, 0.25) is 0 Å². The second kappa shape index (κ2) is 12.5. The van der Waals surface area contributed by atoms with E-state index in [1.165, 1.54) is 17.7 Å². The van der Waals surface area contributed by atoms with Crippen molar-refractivity contribution in [3.8, 4) is 0 Å². The van der Waals surface area contributed by atoms with Gasteiger partial charge in [0.05, 0.1) is 6.61 Å². The molecule has 1 aliphatic heterocycles. The van der Waals surface area contributed by atoms with Crippen molar-refractivity contribution in [3.63, 3.8) is 0 Å². The standard InChI is InChI=1S/C28H29Cl2FN2O/c29-24-10-13-26(27(30)21-24)28(23-8-11-25(31)12-9-23)34-20-19-33-17-15-32(16-18-33)14-4-7-22-5-2-1-3-6-22/h1-13,21,28H,14-20H2/b7-4+. The molecule has 3 nitrogen and oxygen atoms in total. The zero-order valence-corrected chi connectivity index (χ0v) is 20.6. The summed E-state index contributed by atoms with van der Waals surface area (Å²) in [6, 6.07) is 22.1. The van der Waals surface area contributed by atoms with E-state index >= 15 is 0 Å². The van der Waals surface area contributed by atoms with E-state index in [4.69, 9.17) is 27.9 Å². The molecule has 3 aromatic rings. The molecule has 0 radical (unpaired) electrons. The summed E-state index contributed by atoms with van der Waals surface area (Å²) >= 11 is 12.5. The second-order valence-electron chi connectivity index (χ2n) is 8.42. The highest BCUT2D eigenvalue weighted by Crippen LogP contribution is 2.33. The van der Waals surface area contributed by atoms with E-state index in [1.807, 2.05) is 12.1 Å². The number of halogens is 3. The number of benzene rings is 3. The first-order valence-corrected chi connectivity index (χ1v) is 12.3. The van der Waals surface area contributed by atoms with Crippen molar-refractivity contribution in [2.75, 3.05) is 45.9 Å². The van der Waals surface area contributed by atoms with Crippen LogP contribution < -0.4 is 0 Å². The Balaban J connectivity index is 1.28. The van der Waals surface area contributed by atoms with Gasteiger partial charge in [-0.15, -0.1) is 0 Å². The van der Waals surface area contributed by atoms with Crippen LogP contribution in [0.5, 0.6) is 0 Å². The number of hydrogen-bond acceptors (Lipinski definition) is 3. The van der Waals surface area contributed by atoms with Gasteiger partial charge in [0.15, 0.2) is 0 Å². The Labute approximate surface area is 211 Å². The van der Waals surface area contributed by atoms with Crippen LogP contribution >= 0.6 is 23.2 Å². The largest absolute Gasteiger partial charge is 0.367 e. The molecule has 0 N–H and O–H groups in total. The lowest BCUT2D eigenvalue weighted by Gasteiger charge is -2.34. The summed E-state index contributed by atoms with van der Waals surface area (Å²) in [5, 5.41) is 1.11. The molecular formula is C28H29Cl2FN2O. The quantitative estimate of drug-likeness (QED) is 0.331. The Morgan fingerprint density at radius 3 is 2.29 bits per heavy atom. The maximum Gasteiger partial charge on any atom is 0.123 e. The summed E-state index contributed by atoms with van der Waals surface area (Å²) in [6.07, 6.45) is 4.03. The summed E-state index contributed by atoms with van der Waals surface area (Å²) in [5.74, 6) is -0.277. The van der Waals surface area contributed by atoms with Crippen LogP contribution in [0.4, 0.5) is 4.39 Å². The molecular weight excluding hydrogens is 470 g/mol.